The summed E-state index contributed by atoms with van der Waals surface area (Å²) in [5.74, 6) is -1.61. The molecule has 1 saturated heterocycles. The van der Waals surface area contributed by atoms with E-state index in [1.165, 1.54) is 18.2 Å². The lowest BCUT2D eigenvalue weighted by molar-refractivity contribution is -0.125. The van der Waals surface area contributed by atoms with Gasteiger partial charge in [0.25, 0.3) is 5.91 Å². The van der Waals surface area contributed by atoms with Crippen molar-refractivity contribution in [3.8, 4) is 0 Å². The van der Waals surface area contributed by atoms with Crippen molar-refractivity contribution in [2.45, 2.75) is 32.0 Å². The summed E-state index contributed by atoms with van der Waals surface area (Å²) in [5.41, 5.74) is 2.49. The first kappa shape index (κ1) is 23.2. The lowest BCUT2D eigenvalue weighted by atomic mass is 10.1. The number of rotatable bonds is 7. The van der Waals surface area contributed by atoms with E-state index < -0.39 is 29.3 Å². The van der Waals surface area contributed by atoms with Gasteiger partial charge in [-0.05, 0) is 44.1 Å². The fourth-order valence-electron chi connectivity index (χ4n) is 3.04. The summed E-state index contributed by atoms with van der Waals surface area (Å²) in [4.78, 5) is 15.9. The van der Waals surface area contributed by atoms with Crippen molar-refractivity contribution in [3.63, 3.8) is 0 Å². The number of allylic oxidation sites excluding steroid dienone is 1. The Bertz CT molecular complexity index is 756. The van der Waals surface area contributed by atoms with E-state index in [9.17, 15) is 22.4 Å². The maximum Gasteiger partial charge on any atom is 0.430 e. The van der Waals surface area contributed by atoms with E-state index >= 15 is 0 Å². The van der Waals surface area contributed by atoms with Crippen LogP contribution in [0.25, 0.3) is 0 Å². The highest BCUT2D eigenvalue weighted by atomic mass is 35.5. The van der Waals surface area contributed by atoms with Crippen molar-refractivity contribution in [1.82, 2.24) is 9.80 Å². The highest BCUT2D eigenvalue weighted by Crippen LogP contribution is 2.23. The summed E-state index contributed by atoms with van der Waals surface area (Å²) in [7, 11) is 0. The Labute approximate surface area is 171 Å². The van der Waals surface area contributed by atoms with Gasteiger partial charge in [-0.15, -0.1) is 0 Å². The summed E-state index contributed by atoms with van der Waals surface area (Å²) in [5, 5.41) is 7.84. The molecule has 1 aromatic carbocycles. The molecular weight excluding hydrogens is 412 g/mol. The van der Waals surface area contributed by atoms with Crippen LogP contribution in [0.15, 0.2) is 30.0 Å². The summed E-state index contributed by atoms with van der Waals surface area (Å²) in [6, 6.07) is 4.05. The molecule has 1 heterocycles. The number of nitrogens with one attached hydrogen (secondary N) is 1. The van der Waals surface area contributed by atoms with Gasteiger partial charge < -0.3 is 15.5 Å². The van der Waals surface area contributed by atoms with Crippen LogP contribution in [0, 0.1) is 11.2 Å². The lowest BCUT2D eigenvalue weighted by Gasteiger charge is -2.30. The largest absolute Gasteiger partial charge is 0.430 e. The second-order valence-electron chi connectivity index (χ2n) is 6.84. The van der Waals surface area contributed by atoms with Crippen LogP contribution in [0.4, 0.5) is 17.6 Å². The molecule has 1 fully saturated rings. The molecule has 0 spiro atoms. The molecule has 1 aliphatic heterocycles. The predicted molar refractivity (Wildman–Crippen MR) is 103 cm³/mol. The fraction of sp³-hybridized carbons (Fsp3) is 0.474. The smallest absolute Gasteiger partial charge is 0.395 e. The van der Waals surface area contributed by atoms with E-state index in [2.05, 4.69) is 4.90 Å². The van der Waals surface area contributed by atoms with E-state index in [1.54, 1.807) is 0 Å². The quantitative estimate of drug-likeness (QED) is 0.507. The summed E-state index contributed by atoms with van der Waals surface area (Å²) < 4.78 is 52.1. The van der Waals surface area contributed by atoms with Gasteiger partial charge in [-0.1, -0.05) is 24.1 Å². The van der Waals surface area contributed by atoms with Gasteiger partial charge in [0, 0.05) is 23.7 Å². The number of alkyl halides is 3. The molecule has 3 N–H and O–H groups in total. The second-order valence-corrected chi connectivity index (χ2v) is 7.25. The van der Waals surface area contributed by atoms with Gasteiger partial charge in [0.15, 0.2) is 0 Å². The standard InChI is InChI=1S/C19H23ClF4N4O/c20-14-5-4-6-15(21)13(14)12-28(10-9-27-7-2-1-3-8-27)18(29)16(25)11-17(26)19(22,23)24/h4-6,11,25H,1-3,7-10,12,26H2. The van der Waals surface area contributed by atoms with Gasteiger partial charge in [-0.25, -0.2) is 4.39 Å². The van der Waals surface area contributed by atoms with Crippen LogP contribution < -0.4 is 5.73 Å². The molecule has 1 amide bonds. The summed E-state index contributed by atoms with van der Waals surface area (Å²) in [6.45, 7) is 2.01. The van der Waals surface area contributed by atoms with Crippen molar-refractivity contribution in [2.75, 3.05) is 26.2 Å². The zero-order valence-corrected chi connectivity index (χ0v) is 16.5. The van der Waals surface area contributed by atoms with Crippen molar-refractivity contribution in [3.05, 3.63) is 46.4 Å². The SMILES string of the molecule is N=C(C=C(N)C(F)(F)F)C(=O)N(CCN1CCCCC1)Cc1c(F)cccc1Cl. The van der Waals surface area contributed by atoms with E-state index in [1.807, 2.05) is 0 Å². The molecule has 10 heteroatoms. The molecule has 1 aliphatic rings. The molecule has 0 radical (unpaired) electrons. The monoisotopic (exact) mass is 434 g/mol. The number of amides is 1. The van der Waals surface area contributed by atoms with Crippen LogP contribution >= 0.6 is 11.6 Å². The number of piperidine rings is 1. The van der Waals surface area contributed by atoms with Crippen LogP contribution in [-0.4, -0.2) is 53.8 Å². The number of halogens is 5. The Kier molecular flexibility index (Phi) is 8.04. The third-order valence-electron chi connectivity index (χ3n) is 4.69. The van der Waals surface area contributed by atoms with Crippen molar-refractivity contribution in [2.24, 2.45) is 5.73 Å². The number of carbonyl (C=O) groups excluding carboxylic acids is 1. The summed E-state index contributed by atoms with van der Waals surface area (Å²) >= 11 is 6.03. The molecule has 2 rings (SSSR count). The molecular formula is C19H23ClF4N4O. The number of hydrogen-bond donors (Lipinski definition) is 2. The molecule has 0 atom stereocenters. The van der Waals surface area contributed by atoms with Crippen molar-refractivity contribution >= 4 is 23.2 Å². The molecule has 0 aromatic heterocycles. The molecule has 0 aliphatic carbocycles. The zero-order valence-electron chi connectivity index (χ0n) is 15.7. The Morgan fingerprint density at radius 3 is 2.52 bits per heavy atom. The number of nitrogens with zero attached hydrogens (tertiary/aromatic N) is 2. The van der Waals surface area contributed by atoms with Crippen LogP contribution in [-0.2, 0) is 11.3 Å². The highest BCUT2D eigenvalue weighted by Gasteiger charge is 2.32. The Hall–Kier alpha value is -2.13. The first-order valence-corrected chi connectivity index (χ1v) is 9.55. The molecule has 5 nitrogen and oxygen atoms in total. The van der Waals surface area contributed by atoms with E-state index in [0.29, 0.717) is 6.54 Å². The van der Waals surface area contributed by atoms with Gasteiger partial charge in [0.1, 0.15) is 17.2 Å². The molecule has 0 unspecified atom stereocenters. The van der Waals surface area contributed by atoms with Crippen LogP contribution in [0.2, 0.25) is 5.02 Å². The minimum Gasteiger partial charge on any atom is -0.395 e. The third-order valence-corrected chi connectivity index (χ3v) is 5.04. The Morgan fingerprint density at radius 2 is 1.93 bits per heavy atom. The molecule has 29 heavy (non-hydrogen) atoms. The van der Waals surface area contributed by atoms with Crippen LogP contribution in [0.5, 0.6) is 0 Å². The van der Waals surface area contributed by atoms with Crippen LogP contribution in [0.3, 0.4) is 0 Å². The predicted octanol–water partition coefficient (Wildman–Crippen LogP) is 3.72. The molecule has 160 valence electrons. The Morgan fingerprint density at radius 1 is 1.28 bits per heavy atom. The van der Waals surface area contributed by atoms with E-state index in [0.717, 1.165) is 37.3 Å². The summed E-state index contributed by atoms with van der Waals surface area (Å²) in [6.07, 6.45) is -1.41. The minimum atomic E-state index is -4.85. The number of hydrogen-bond acceptors (Lipinski definition) is 4. The van der Waals surface area contributed by atoms with Crippen molar-refractivity contribution in [1.29, 1.82) is 5.41 Å². The van der Waals surface area contributed by atoms with E-state index in [4.69, 9.17) is 22.7 Å². The molecule has 0 bridgehead atoms. The van der Waals surface area contributed by atoms with Crippen LogP contribution in [0.1, 0.15) is 24.8 Å². The van der Waals surface area contributed by atoms with Gasteiger partial charge in [0.2, 0.25) is 0 Å². The molecule has 1 aromatic rings. The number of benzene rings is 1. The van der Waals surface area contributed by atoms with Gasteiger partial charge in [-0.3, -0.25) is 10.2 Å². The second kappa shape index (κ2) is 10.1. The number of carbonyl (C=O) groups is 1. The highest BCUT2D eigenvalue weighted by molar-refractivity contribution is 6.42. The first-order chi connectivity index (χ1) is 13.6. The minimum absolute atomic E-state index is 0.0433. The van der Waals surface area contributed by atoms with Gasteiger partial charge in [-0.2, -0.15) is 13.2 Å². The lowest BCUT2D eigenvalue weighted by Crippen LogP contribution is -2.42. The average Bonchev–Trinajstić information content (AvgIpc) is 2.66. The van der Waals surface area contributed by atoms with Crippen molar-refractivity contribution < 1.29 is 22.4 Å². The normalized spacial score (nSPS) is 16.0. The molecule has 0 saturated carbocycles. The third kappa shape index (κ3) is 6.71. The topological polar surface area (TPSA) is 73.4 Å². The van der Waals surface area contributed by atoms with E-state index in [-0.39, 0.29) is 29.8 Å². The Balaban J connectivity index is 2.20. The first-order valence-electron chi connectivity index (χ1n) is 9.17. The van der Waals surface area contributed by atoms with Gasteiger partial charge >= 0.3 is 6.18 Å². The fourth-order valence-corrected chi connectivity index (χ4v) is 3.26. The maximum atomic E-state index is 14.2. The number of likely N-dealkylation sites (tertiary alicyclic amines) is 1. The average molecular weight is 435 g/mol. The zero-order chi connectivity index (χ0) is 21.6. The number of nitrogens with two attached hydrogens (primary N) is 1. The van der Waals surface area contributed by atoms with Gasteiger partial charge in [0.05, 0.1) is 6.54 Å². The maximum absolute atomic E-state index is 14.2.